The highest BCUT2D eigenvalue weighted by atomic mass is 32.1. The lowest BCUT2D eigenvalue weighted by Gasteiger charge is -2.57. The number of amides is 1. The second-order valence-corrected chi connectivity index (χ2v) is 9.74. The Hall–Kier alpha value is -1.17. The van der Waals surface area contributed by atoms with Crippen LogP contribution < -0.4 is 0 Å². The smallest absolute Gasteiger partial charge is 0.411 e. The SMILES string of the molecule is CC(=O)[C@@H]1[C@@H]2CC[C@@H]([C@H](CC3CC3)[C@H]2OC(C)=S)N1C(=O)OC(C)(C)C. The molecule has 1 amide bonds. The summed E-state index contributed by atoms with van der Waals surface area (Å²) in [7, 11) is 0. The molecule has 0 aromatic carbocycles. The first-order valence-corrected chi connectivity index (χ1v) is 10.2. The van der Waals surface area contributed by atoms with Gasteiger partial charge >= 0.3 is 6.09 Å². The van der Waals surface area contributed by atoms with Crippen molar-refractivity contribution >= 4 is 29.1 Å². The molecule has 2 aliphatic heterocycles. The highest BCUT2D eigenvalue weighted by Crippen LogP contribution is 2.50. The lowest BCUT2D eigenvalue weighted by Crippen LogP contribution is -2.69. The zero-order chi connectivity index (χ0) is 19.2. The van der Waals surface area contributed by atoms with Crippen LogP contribution in [0.2, 0.25) is 0 Å². The average molecular weight is 382 g/mol. The van der Waals surface area contributed by atoms with Crippen molar-refractivity contribution in [3.8, 4) is 0 Å². The summed E-state index contributed by atoms with van der Waals surface area (Å²) >= 11 is 5.22. The molecule has 6 heteroatoms. The number of ketones is 1. The third-order valence-electron chi connectivity index (χ3n) is 5.82. The van der Waals surface area contributed by atoms with Crippen molar-refractivity contribution in [1.29, 1.82) is 0 Å². The van der Waals surface area contributed by atoms with Crippen LogP contribution in [0.3, 0.4) is 0 Å². The third-order valence-corrected chi connectivity index (χ3v) is 5.92. The second-order valence-electron chi connectivity index (χ2n) is 9.17. The van der Waals surface area contributed by atoms with E-state index in [1.54, 1.807) is 18.7 Å². The van der Waals surface area contributed by atoms with E-state index >= 15 is 0 Å². The molecule has 146 valence electrons. The molecule has 2 heterocycles. The molecule has 4 rings (SSSR count). The number of carbonyl (C=O) groups is 2. The van der Waals surface area contributed by atoms with Crippen LogP contribution in [0, 0.1) is 17.8 Å². The Balaban J connectivity index is 1.92. The topological polar surface area (TPSA) is 55.8 Å². The first-order chi connectivity index (χ1) is 12.1. The molecule has 2 bridgehead atoms. The van der Waals surface area contributed by atoms with Gasteiger partial charge < -0.3 is 9.47 Å². The first-order valence-electron chi connectivity index (χ1n) is 9.77. The highest BCUT2D eigenvalue weighted by molar-refractivity contribution is 7.80. The Kier molecular flexibility index (Phi) is 5.35. The average Bonchev–Trinajstić information content (AvgIpc) is 3.30. The van der Waals surface area contributed by atoms with Crippen molar-refractivity contribution in [1.82, 2.24) is 4.90 Å². The number of carbonyl (C=O) groups excluding carboxylic acids is 2. The van der Waals surface area contributed by atoms with Crippen molar-refractivity contribution in [2.75, 3.05) is 0 Å². The number of thiocarbonyl (C=S) groups is 1. The molecule has 5 nitrogen and oxygen atoms in total. The van der Waals surface area contributed by atoms with E-state index in [-0.39, 0.29) is 35.9 Å². The van der Waals surface area contributed by atoms with E-state index in [0.717, 1.165) is 19.3 Å². The van der Waals surface area contributed by atoms with Crippen molar-refractivity contribution in [3.05, 3.63) is 0 Å². The van der Waals surface area contributed by atoms with Crippen LogP contribution in [0.1, 0.15) is 66.7 Å². The zero-order valence-electron chi connectivity index (χ0n) is 16.5. The fourth-order valence-electron chi connectivity index (χ4n) is 4.83. The number of ether oxygens (including phenoxy) is 2. The summed E-state index contributed by atoms with van der Waals surface area (Å²) in [6.07, 6.45) is 4.90. The molecule has 0 unspecified atom stereocenters. The van der Waals surface area contributed by atoms with Gasteiger partial charge in [-0.3, -0.25) is 9.69 Å². The number of nitrogens with zero attached hydrogens (tertiary/aromatic N) is 1. The maximum atomic E-state index is 13.0. The summed E-state index contributed by atoms with van der Waals surface area (Å²) in [5, 5.41) is 0.523. The van der Waals surface area contributed by atoms with Crippen LogP contribution >= 0.6 is 12.2 Å². The molecule has 26 heavy (non-hydrogen) atoms. The summed E-state index contributed by atoms with van der Waals surface area (Å²) in [6, 6.07) is -0.484. The Bertz CT molecular complexity index is 595. The van der Waals surface area contributed by atoms with Crippen LogP contribution in [0.25, 0.3) is 0 Å². The number of rotatable bonds is 4. The van der Waals surface area contributed by atoms with Gasteiger partial charge in [0.2, 0.25) is 0 Å². The molecule has 0 N–H and O–H groups in total. The number of piperidine rings is 2. The predicted molar refractivity (Wildman–Crippen MR) is 103 cm³/mol. The minimum Gasteiger partial charge on any atom is -0.483 e. The zero-order valence-corrected chi connectivity index (χ0v) is 17.3. The van der Waals surface area contributed by atoms with Crippen LogP contribution in [0.4, 0.5) is 4.79 Å². The number of fused-ring (bicyclic) bond motifs is 3. The molecular formula is C20H31NO4S. The predicted octanol–water partition coefficient (Wildman–Crippen LogP) is 4.12. The van der Waals surface area contributed by atoms with E-state index in [0.29, 0.717) is 11.0 Å². The molecule has 2 saturated heterocycles. The van der Waals surface area contributed by atoms with Gasteiger partial charge in [-0.05, 0) is 65.1 Å². The van der Waals surface area contributed by atoms with Crippen molar-refractivity contribution in [2.45, 2.75) is 90.5 Å². The van der Waals surface area contributed by atoms with E-state index in [1.165, 1.54) is 12.8 Å². The lowest BCUT2D eigenvalue weighted by molar-refractivity contribution is -0.150. The maximum absolute atomic E-state index is 13.0. The van der Waals surface area contributed by atoms with Gasteiger partial charge in [-0.1, -0.05) is 12.8 Å². The maximum Gasteiger partial charge on any atom is 0.411 e. The lowest BCUT2D eigenvalue weighted by atomic mass is 9.64. The molecule has 4 aliphatic rings. The van der Waals surface area contributed by atoms with Crippen LogP contribution in [0.15, 0.2) is 0 Å². The van der Waals surface area contributed by atoms with Crippen LogP contribution in [-0.2, 0) is 14.3 Å². The minimum atomic E-state index is -0.581. The quantitative estimate of drug-likeness (QED) is 0.686. The van der Waals surface area contributed by atoms with E-state index in [2.05, 4.69) is 0 Å². The fraction of sp³-hybridized carbons (Fsp3) is 0.850. The van der Waals surface area contributed by atoms with E-state index < -0.39 is 11.6 Å². The molecule has 5 atom stereocenters. The fourth-order valence-corrected chi connectivity index (χ4v) is 4.94. The molecule has 0 spiro atoms. The van der Waals surface area contributed by atoms with Crippen molar-refractivity contribution in [2.24, 2.45) is 17.8 Å². The summed E-state index contributed by atoms with van der Waals surface area (Å²) in [5.41, 5.74) is -0.581. The van der Waals surface area contributed by atoms with Crippen LogP contribution in [0.5, 0.6) is 0 Å². The summed E-state index contributed by atoms with van der Waals surface area (Å²) in [5.74, 6) is 0.937. The van der Waals surface area contributed by atoms with E-state index in [9.17, 15) is 9.59 Å². The summed E-state index contributed by atoms with van der Waals surface area (Å²) in [6.45, 7) is 8.94. The Morgan fingerprint density at radius 2 is 1.77 bits per heavy atom. The standard InChI is InChI=1S/C20H31NO4S/c1-11(22)17-14-8-9-16(21(17)19(23)25-20(3,4)5)15(10-13-6-7-13)18(14)24-12(2)26/h13-18H,6-10H2,1-5H3/t14-,15-,16-,17+,18-/m0/s1. The van der Waals surface area contributed by atoms with Crippen LogP contribution in [-0.4, -0.2) is 45.6 Å². The molecule has 4 fully saturated rings. The molecule has 2 aliphatic carbocycles. The Labute approximate surface area is 161 Å². The molecule has 0 aromatic rings. The molecular weight excluding hydrogens is 350 g/mol. The summed E-state index contributed by atoms with van der Waals surface area (Å²) < 4.78 is 11.7. The van der Waals surface area contributed by atoms with Crippen molar-refractivity contribution in [3.63, 3.8) is 0 Å². The number of hydrogen-bond donors (Lipinski definition) is 0. The van der Waals surface area contributed by atoms with Gasteiger partial charge in [0.1, 0.15) is 17.7 Å². The van der Waals surface area contributed by atoms with Gasteiger partial charge in [0, 0.05) is 24.8 Å². The molecule has 2 saturated carbocycles. The Morgan fingerprint density at radius 1 is 1.12 bits per heavy atom. The van der Waals surface area contributed by atoms with Gasteiger partial charge in [0.15, 0.2) is 10.8 Å². The molecule has 0 radical (unpaired) electrons. The van der Waals surface area contributed by atoms with E-state index in [1.807, 2.05) is 20.8 Å². The van der Waals surface area contributed by atoms with Gasteiger partial charge in [0.25, 0.3) is 0 Å². The highest BCUT2D eigenvalue weighted by Gasteiger charge is 2.58. The first kappa shape index (κ1) is 19.6. The molecule has 0 aromatic heterocycles. The number of hydrogen-bond acceptors (Lipinski definition) is 5. The van der Waals surface area contributed by atoms with Crippen molar-refractivity contribution < 1.29 is 19.1 Å². The third kappa shape index (κ3) is 4.05. The summed E-state index contributed by atoms with van der Waals surface area (Å²) in [4.78, 5) is 27.2. The second kappa shape index (κ2) is 7.10. The van der Waals surface area contributed by atoms with Gasteiger partial charge in [0.05, 0.1) is 0 Å². The normalized spacial score (nSPS) is 33.7. The Morgan fingerprint density at radius 3 is 2.27 bits per heavy atom. The minimum absolute atomic E-state index is 0.00560. The van der Waals surface area contributed by atoms with Gasteiger partial charge in [-0.15, -0.1) is 0 Å². The van der Waals surface area contributed by atoms with E-state index in [4.69, 9.17) is 21.7 Å². The number of Topliss-reactive ketones (excluding diaryl/α,β-unsaturated/α-hetero) is 1. The largest absolute Gasteiger partial charge is 0.483 e. The van der Waals surface area contributed by atoms with Gasteiger partial charge in [-0.2, -0.15) is 0 Å². The monoisotopic (exact) mass is 381 g/mol. The van der Waals surface area contributed by atoms with Gasteiger partial charge in [-0.25, -0.2) is 4.79 Å².